The van der Waals surface area contributed by atoms with Crippen molar-refractivity contribution in [2.45, 2.75) is 20.3 Å². The summed E-state index contributed by atoms with van der Waals surface area (Å²) in [6.45, 7) is 4.62. The zero-order chi connectivity index (χ0) is 14.2. The molecule has 19 heavy (non-hydrogen) atoms. The predicted molar refractivity (Wildman–Crippen MR) is 70.4 cm³/mol. The smallest absolute Gasteiger partial charge is 0.311 e. The van der Waals surface area contributed by atoms with Gasteiger partial charge in [0.05, 0.1) is 10.3 Å². The van der Waals surface area contributed by atoms with E-state index in [0.717, 1.165) is 11.3 Å². The zero-order valence-corrected chi connectivity index (χ0v) is 10.9. The van der Waals surface area contributed by atoms with Crippen LogP contribution in [0.2, 0.25) is 0 Å². The molecule has 2 rings (SSSR count). The van der Waals surface area contributed by atoms with E-state index in [4.69, 9.17) is 0 Å². The Labute approximate surface area is 110 Å². The highest BCUT2D eigenvalue weighted by molar-refractivity contribution is 5.76. The van der Waals surface area contributed by atoms with Crippen molar-refractivity contribution >= 4 is 17.3 Å². The maximum atomic E-state index is 11.2. The van der Waals surface area contributed by atoms with Crippen LogP contribution in [0.25, 0.3) is 0 Å². The lowest BCUT2D eigenvalue weighted by molar-refractivity contribution is -0.384. The number of carbonyl (C=O) groups is 1. The first-order valence-electron chi connectivity index (χ1n) is 6.07. The number of hydrogen-bond donors (Lipinski definition) is 1. The molecule has 1 fully saturated rings. The predicted octanol–water partition coefficient (Wildman–Crippen LogP) is 2.20. The first-order valence-corrected chi connectivity index (χ1v) is 6.07. The second kappa shape index (κ2) is 4.53. The van der Waals surface area contributed by atoms with Crippen LogP contribution in [0.15, 0.2) is 18.2 Å². The third-order valence-electron chi connectivity index (χ3n) is 3.72. The molecule has 1 N–H and O–H groups in total. The SMILES string of the molecule is Cc1cc([N+](=O)[O-])ccc1N1CCC(C)(C(=O)O)C1. The molecule has 0 aromatic heterocycles. The van der Waals surface area contributed by atoms with Crippen LogP contribution in [0, 0.1) is 22.5 Å². The van der Waals surface area contributed by atoms with E-state index in [1.165, 1.54) is 12.1 Å². The van der Waals surface area contributed by atoms with Gasteiger partial charge in [0.1, 0.15) is 0 Å². The summed E-state index contributed by atoms with van der Waals surface area (Å²) in [5.41, 5.74) is 0.981. The molecule has 1 aliphatic heterocycles. The number of rotatable bonds is 3. The van der Waals surface area contributed by atoms with Crippen molar-refractivity contribution in [2.24, 2.45) is 5.41 Å². The van der Waals surface area contributed by atoms with Gasteiger partial charge >= 0.3 is 5.97 Å². The van der Waals surface area contributed by atoms with Gasteiger partial charge in [-0.1, -0.05) is 0 Å². The molecule has 1 aliphatic rings. The van der Waals surface area contributed by atoms with Gasteiger partial charge in [0.25, 0.3) is 5.69 Å². The fourth-order valence-electron chi connectivity index (χ4n) is 2.45. The number of nitrogens with zero attached hydrogens (tertiary/aromatic N) is 2. The van der Waals surface area contributed by atoms with E-state index >= 15 is 0 Å². The number of benzene rings is 1. The number of carboxylic acid groups (broad SMARTS) is 1. The van der Waals surface area contributed by atoms with Gasteiger partial charge in [-0.25, -0.2) is 0 Å². The van der Waals surface area contributed by atoms with Gasteiger partial charge in [0, 0.05) is 30.9 Å². The van der Waals surface area contributed by atoms with Crippen molar-refractivity contribution in [1.82, 2.24) is 0 Å². The van der Waals surface area contributed by atoms with E-state index in [9.17, 15) is 20.0 Å². The molecule has 1 atom stereocenters. The highest BCUT2D eigenvalue weighted by Gasteiger charge is 2.40. The fraction of sp³-hybridized carbons (Fsp3) is 0.462. The van der Waals surface area contributed by atoms with Crippen LogP contribution >= 0.6 is 0 Å². The van der Waals surface area contributed by atoms with E-state index in [1.807, 2.05) is 4.90 Å². The van der Waals surface area contributed by atoms with E-state index in [0.29, 0.717) is 19.5 Å². The molecular formula is C13H16N2O4. The average Bonchev–Trinajstić information content (AvgIpc) is 2.73. The number of nitro groups is 1. The summed E-state index contributed by atoms with van der Waals surface area (Å²) in [5, 5.41) is 19.9. The summed E-state index contributed by atoms with van der Waals surface area (Å²) in [6.07, 6.45) is 0.582. The van der Waals surface area contributed by atoms with Crippen molar-refractivity contribution < 1.29 is 14.8 Å². The lowest BCUT2D eigenvalue weighted by Crippen LogP contribution is -2.31. The first kappa shape index (κ1) is 13.3. The number of carboxylic acids is 1. The molecule has 1 aromatic rings. The average molecular weight is 264 g/mol. The molecule has 1 heterocycles. The highest BCUT2D eigenvalue weighted by Crippen LogP contribution is 2.35. The summed E-state index contributed by atoms with van der Waals surface area (Å²) < 4.78 is 0. The first-order chi connectivity index (χ1) is 8.83. The molecule has 0 bridgehead atoms. The maximum absolute atomic E-state index is 11.2. The van der Waals surface area contributed by atoms with Gasteiger partial charge < -0.3 is 10.0 Å². The van der Waals surface area contributed by atoms with Crippen LogP contribution in [-0.2, 0) is 4.79 Å². The van der Waals surface area contributed by atoms with E-state index in [2.05, 4.69) is 0 Å². The lowest BCUT2D eigenvalue weighted by Gasteiger charge is -2.23. The Morgan fingerprint density at radius 3 is 2.68 bits per heavy atom. The number of non-ortho nitro benzene ring substituents is 1. The quantitative estimate of drug-likeness (QED) is 0.668. The molecule has 6 heteroatoms. The molecule has 1 unspecified atom stereocenters. The van der Waals surface area contributed by atoms with Crippen LogP contribution in [0.4, 0.5) is 11.4 Å². The number of aliphatic carboxylic acids is 1. The number of aryl methyl sites for hydroxylation is 1. The molecule has 0 radical (unpaired) electrons. The minimum absolute atomic E-state index is 0.0569. The molecule has 0 aliphatic carbocycles. The number of hydrogen-bond acceptors (Lipinski definition) is 4. The molecule has 102 valence electrons. The van der Waals surface area contributed by atoms with Crippen LogP contribution < -0.4 is 4.90 Å². The summed E-state index contributed by atoms with van der Waals surface area (Å²) in [7, 11) is 0. The van der Waals surface area contributed by atoms with Crippen molar-refractivity contribution in [2.75, 3.05) is 18.0 Å². The van der Waals surface area contributed by atoms with Gasteiger partial charge in [-0.15, -0.1) is 0 Å². The largest absolute Gasteiger partial charge is 0.481 e. The summed E-state index contributed by atoms with van der Waals surface area (Å²) in [6, 6.07) is 4.67. The van der Waals surface area contributed by atoms with Gasteiger partial charge in [0.2, 0.25) is 0 Å². The van der Waals surface area contributed by atoms with Crippen molar-refractivity contribution in [3.05, 3.63) is 33.9 Å². The summed E-state index contributed by atoms with van der Waals surface area (Å²) in [4.78, 5) is 23.5. The molecule has 1 aromatic carbocycles. The third-order valence-corrected chi connectivity index (χ3v) is 3.72. The van der Waals surface area contributed by atoms with Crippen LogP contribution in [0.1, 0.15) is 18.9 Å². The summed E-state index contributed by atoms with van der Waals surface area (Å²) in [5.74, 6) is -0.797. The van der Waals surface area contributed by atoms with Gasteiger partial charge in [-0.05, 0) is 31.9 Å². The Kier molecular flexibility index (Phi) is 3.18. The van der Waals surface area contributed by atoms with Gasteiger partial charge in [-0.3, -0.25) is 14.9 Å². The Morgan fingerprint density at radius 1 is 1.53 bits per heavy atom. The van der Waals surface area contributed by atoms with Crippen molar-refractivity contribution in [3.8, 4) is 0 Å². The Balaban J connectivity index is 2.25. The molecule has 0 amide bonds. The minimum atomic E-state index is -0.797. The highest BCUT2D eigenvalue weighted by atomic mass is 16.6. The number of nitro benzene ring substituents is 1. The minimum Gasteiger partial charge on any atom is -0.481 e. The summed E-state index contributed by atoms with van der Waals surface area (Å²) >= 11 is 0. The molecule has 1 saturated heterocycles. The second-order valence-corrected chi connectivity index (χ2v) is 5.27. The topological polar surface area (TPSA) is 83.7 Å². The lowest BCUT2D eigenvalue weighted by atomic mass is 9.90. The van der Waals surface area contributed by atoms with Crippen molar-refractivity contribution in [1.29, 1.82) is 0 Å². The molecular weight excluding hydrogens is 248 g/mol. The Bertz CT molecular complexity index is 543. The fourth-order valence-corrected chi connectivity index (χ4v) is 2.45. The molecule has 0 spiro atoms. The van der Waals surface area contributed by atoms with Crippen LogP contribution in [0.5, 0.6) is 0 Å². The Morgan fingerprint density at radius 2 is 2.21 bits per heavy atom. The number of anilines is 1. The third kappa shape index (κ3) is 2.38. The van der Waals surface area contributed by atoms with E-state index < -0.39 is 16.3 Å². The molecule has 0 saturated carbocycles. The second-order valence-electron chi connectivity index (χ2n) is 5.27. The normalized spacial score (nSPS) is 22.5. The van der Waals surface area contributed by atoms with E-state index in [1.54, 1.807) is 19.9 Å². The monoisotopic (exact) mass is 264 g/mol. The van der Waals surface area contributed by atoms with Crippen molar-refractivity contribution in [3.63, 3.8) is 0 Å². The van der Waals surface area contributed by atoms with Crippen LogP contribution in [-0.4, -0.2) is 29.1 Å². The zero-order valence-electron chi connectivity index (χ0n) is 10.9. The standard InChI is InChI=1S/C13H16N2O4/c1-9-7-10(15(18)19)3-4-11(9)14-6-5-13(2,8-14)12(16)17/h3-4,7H,5-6,8H2,1-2H3,(H,16,17). The Hall–Kier alpha value is -2.11. The molecule has 6 nitrogen and oxygen atoms in total. The van der Waals surface area contributed by atoms with Crippen LogP contribution in [0.3, 0.4) is 0 Å². The maximum Gasteiger partial charge on any atom is 0.311 e. The van der Waals surface area contributed by atoms with Gasteiger partial charge in [-0.2, -0.15) is 0 Å². The van der Waals surface area contributed by atoms with E-state index in [-0.39, 0.29) is 5.69 Å². The van der Waals surface area contributed by atoms with Gasteiger partial charge in [0.15, 0.2) is 0 Å².